The van der Waals surface area contributed by atoms with Crippen LogP contribution in [0.4, 0.5) is 0 Å². The zero-order chi connectivity index (χ0) is 17.6. The van der Waals surface area contributed by atoms with Crippen molar-refractivity contribution in [2.45, 2.75) is 25.4 Å². The van der Waals surface area contributed by atoms with E-state index in [1.807, 2.05) is 17.0 Å². The lowest BCUT2D eigenvalue weighted by Crippen LogP contribution is -2.51. The molecule has 6 nitrogen and oxygen atoms in total. The lowest BCUT2D eigenvalue weighted by molar-refractivity contribution is -0.142. The van der Waals surface area contributed by atoms with Crippen molar-refractivity contribution in [3.05, 3.63) is 23.8 Å². The van der Waals surface area contributed by atoms with Crippen LogP contribution in [-0.2, 0) is 16.0 Å². The first kappa shape index (κ1) is 18.0. The average Bonchev–Trinajstić information content (AvgIpc) is 3.20. The Kier molecular flexibility index (Phi) is 6.15. The highest BCUT2D eigenvalue weighted by atomic mass is 16.5. The van der Waals surface area contributed by atoms with E-state index in [1.54, 1.807) is 14.2 Å². The van der Waals surface area contributed by atoms with Gasteiger partial charge in [-0.25, -0.2) is 0 Å². The summed E-state index contributed by atoms with van der Waals surface area (Å²) in [7, 11) is 3.31. The third kappa shape index (κ3) is 4.44. The molecule has 2 saturated heterocycles. The number of benzene rings is 1. The minimum atomic E-state index is -0.196. The van der Waals surface area contributed by atoms with Gasteiger partial charge in [0.05, 0.1) is 14.2 Å². The summed E-state index contributed by atoms with van der Waals surface area (Å²) in [6.45, 7) is 5.14. The largest absolute Gasteiger partial charge is 0.493 e. The van der Waals surface area contributed by atoms with Crippen LogP contribution < -0.4 is 9.47 Å². The molecule has 0 aromatic heterocycles. The third-order valence-corrected chi connectivity index (χ3v) is 5.05. The predicted molar refractivity (Wildman–Crippen MR) is 95.2 cm³/mol. The van der Waals surface area contributed by atoms with E-state index in [9.17, 15) is 4.79 Å². The fraction of sp³-hybridized carbons (Fsp3) is 0.632. The van der Waals surface area contributed by atoms with Crippen LogP contribution in [0.3, 0.4) is 0 Å². The summed E-state index contributed by atoms with van der Waals surface area (Å²) in [5.74, 6) is 1.71. The number of ether oxygens (including phenoxy) is 3. The number of hydrogen-bond donors (Lipinski definition) is 0. The van der Waals surface area contributed by atoms with Crippen LogP contribution in [-0.4, -0.2) is 75.4 Å². The van der Waals surface area contributed by atoms with Gasteiger partial charge < -0.3 is 19.1 Å². The molecule has 2 aliphatic rings. The molecule has 25 heavy (non-hydrogen) atoms. The molecule has 2 heterocycles. The van der Waals surface area contributed by atoms with Gasteiger partial charge in [-0.3, -0.25) is 9.69 Å². The smallest absolute Gasteiger partial charge is 0.251 e. The minimum absolute atomic E-state index is 0.178. The average molecular weight is 348 g/mol. The van der Waals surface area contributed by atoms with E-state index in [0.717, 1.165) is 70.1 Å². The zero-order valence-corrected chi connectivity index (χ0v) is 15.2. The van der Waals surface area contributed by atoms with Gasteiger partial charge in [-0.05, 0) is 37.0 Å². The molecule has 2 fully saturated rings. The van der Waals surface area contributed by atoms with Gasteiger partial charge in [0.15, 0.2) is 11.5 Å². The van der Waals surface area contributed by atoms with Crippen molar-refractivity contribution >= 4 is 5.91 Å². The molecule has 1 unspecified atom stereocenters. The van der Waals surface area contributed by atoms with Crippen molar-refractivity contribution in [2.24, 2.45) is 0 Å². The van der Waals surface area contributed by atoms with E-state index in [4.69, 9.17) is 14.2 Å². The number of piperazine rings is 1. The van der Waals surface area contributed by atoms with Gasteiger partial charge in [-0.2, -0.15) is 0 Å². The van der Waals surface area contributed by atoms with Crippen LogP contribution in [0.25, 0.3) is 0 Å². The standard InChI is InChI=1S/C19H28N2O4/c1-23-16-6-5-15(14-18(16)24-2)7-8-20-9-11-21(12-10-20)19(22)17-4-3-13-25-17/h5-6,14,17H,3-4,7-13H2,1-2H3. The first-order valence-electron chi connectivity index (χ1n) is 9.05. The Morgan fingerprint density at radius 1 is 1.16 bits per heavy atom. The van der Waals surface area contributed by atoms with E-state index in [2.05, 4.69) is 11.0 Å². The highest BCUT2D eigenvalue weighted by Gasteiger charge is 2.30. The van der Waals surface area contributed by atoms with E-state index < -0.39 is 0 Å². The number of nitrogens with zero attached hydrogens (tertiary/aromatic N) is 2. The molecule has 0 radical (unpaired) electrons. The van der Waals surface area contributed by atoms with Gasteiger partial charge in [0, 0.05) is 39.3 Å². The monoisotopic (exact) mass is 348 g/mol. The zero-order valence-electron chi connectivity index (χ0n) is 15.2. The number of amides is 1. The van der Waals surface area contributed by atoms with Gasteiger partial charge in [0.2, 0.25) is 0 Å². The summed E-state index contributed by atoms with van der Waals surface area (Å²) in [5.41, 5.74) is 1.23. The van der Waals surface area contributed by atoms with Crippen molar-refractivity contribution in [3.8, 4) is 11.5 Å². The topological polar surface area (TPSA) is 51.2 Å². The Hall–Kier alpha value is -1.79. The molecule has 6 heteroatoms. The molecular weight excluding hydrogens is 320 g/mol. The maximum atomic E-state index is 12.4. The minimum Gasteiger partial charge on any atom is -0.493 e. The van der Waals surface area contributed by atoms with Gasteiger partial charge in [0.1, 0.15) is 6.10 Å². The maximum absolute atomic E-state index is 12.4. The second-order valence-electron chi connectivity index (χ2n) is 6.61. The summed E-state index contributed by atoms with van der Waals surface area (Å²) >= 11 is 0. The molecule has 0 spiro atoms. The van der Waals surface area contributed by atoms with Crippen molar-refractivity contribution in [1.29, 1.82) is 0 Å². The first-order chi connectivity index (χ1) is 12.2. The predicted octanol–water partition coefficient (Wildman–Crippen LogP) is 1.57. The van der Waals surface area contributed by atoms with E-state index in [1.165, 1.54) is 5.56 Å². The van der Waals surface area contributed by atoms with Gasteiger partial charge in [-0.1, -0.05) is 6.07 Å². The number of hydrogen-bond acceptors (Lipinski definition) is 5. The number of carbonyl (C=O) groups is 1. The van der Waals surface area contributed by atoms with Crippen LogP contribution in [0, 0.1) is 0 Å². The molecule has 0 aliphatic carbocycles. The van der Waals surface area contributed by atoms with Crippen LogP contribution >= 0.6 is 0 Å². The highest BCUT2D eigenvalue weighted by molar-refractivity contribution is 5.81. The van der Waals surface area contributed by atoms with Gasteiger partial charge in [0.25, 0.3) is 5.91 Å². The Morgan fingerprint density at radius 2 is 1.92 bits per heavy atom. The van der Waals surface area contributed by atoms with Crippen molar-refractivity contribution in [3.63, 3.8) is 0 Å². The Labute approximate surface area is 149 Å². The Morgan fingerprint density at radius 3 is 2.56 bits per heavy atom. The lowest BCUT2D eigenvalue weighted by Gasteiger charge is -2.35. The van der Waals surface area contributed by atoms with E-state index in [0.29, 0.717) is 0 Å². The number of rotatable bonds is 6. The summed E-state index contributed by atoms with van der Waals surface area (Å²) in [6.07, 6.45) is 2.64. The SMILES string of the molecule is COc1ccc(CCN2CCN(C(=O)C3CCCO3)CC2)cc1OC. The summed E-state index contributed by atoms with van der Waals surface area (Å²) in [6, 6.07) is 6.07. The van der Waals surface area contributed by atoms with Gasteiger partial charge >= 0.3 is 0 Å². The van der Waals surface area contributed by atoms with E-state index >= 15 is 0 Å². The number of carbonyl (C=O) groups excluding carboxylic acids is 1. The Balaban J connectivity index is 1.45. The molecule has 3 rings (SSSR count). The second-order valence-corrected chi connectivity index (χ2v) is 6.61. The van der Waals surface area contributed by atoms with E-state index in [-0.39, 0.29) is 12.0 Å². The molecule has 1 aromatic carbocycles. The Bertz CT molecular complexity index is 579. The summed E-state index contributed by atoms with van der Waals surface area (Å²) in [4.78, 5) is 16.7. The normalized spacial score (nSPS) is 21.4. The third-order valence-electron chi connectivity index (χ3n) is 5.05. The van der Waals surface area contributed by atoms with Crippen LogP contribution in [0.15, 0.2) is 18.2 Å². The van der Waals surface area contributed by atoms with Crippen LogP contribution in [0.5, 0.6) is 11.5 Å². The molecule has 1 atom stereocenters. The molecule has 0 bridgehead atoms. The fourth-order valence-corrected chi connectivity index (χ4v) is 3.49. The molecule has 0 saturated carbocycles. The van der Waals surface area contributed by atoms with Crippen molar-refractivity contribution in [2.75, 3.05) is 53.6 Å². The first-order valence-corrected chi connectivity index (χ1v) is 9.05. The lowest BCUT2D eigenvalue weighted by atomic mass is 10.1. The highest BCUT2D eigenvalue weighted by Crippen LogP contribution is 2.27. The summed E-state index contributed by atoms with van der Waals surface area (Å²) in [5, 5.41) is 0. The molecule has 1 aromatic rings. The maximum Gasteiger partial charge on any atom is 0.251 e. The number of methoxy groups -OCH3 is 2. The molecular formula is C19H28N2O4. The summed E-state index contributed by atoms with van der Waals surface area (Å²) < 4.78 is 16.2. The van der Waals surface area contributed by atoms with Gasteiger partial charge in [-0.15, -0.1) is 0 Å². The molecule has 2 aliphatic heterocycles. The second kappa shape index (κ2) is 8.54. The quantitative estimate of drug-likeness (QED) is 0.781. The molecule has 138 valence electrons. The van der Waals surface area contributed by atoms with Crippen LogP contribution in [0.1, 0.15) is 18.4 Å². The fourth-order valence-electron chi connectivity index (χ4n) is 3.49. The van der Waals surface area contributed by atoms with Crippen molar-refractivity contribution < 1.29 is 19.0 Å². The van der Waals surface area contributed by atoms with Crippen LogP contribution in [0.2, 0.25) is 0 Å². The molecule has 0 N–H and O–H groups in total. The molecule has 1 amide bonds. The van der Waals surface area contributed by atoms with Crippen molar-refractivity contribution in [1.82, 2.24) is 9.80 Å².